The van der Waals surface area contributed by atoms with Gasteiger partial charge in [-0.1, -0.05) is 18.2 Å². The summed E-state index contributed by atoms with van der Waals surface area (Å²) in [5.74, 6) is -0.797. The number of halogens is 3. The van der Waals surface area contributed by atoms with Gasteiger partial charge >= 0.3 is 24.2 Å². The number of nitrogens with one attached hydrogen (secondary N) is 2. The quantitative estimate of drug-likeness (QED) is 0.556. The summed E-state index contributed by atoms with van der Waals surface area (Å²) < 4.78 is 46.8. The number of amides is 4. The molecule has 2 N–H and O–H groups in total. The Labute approximate surface area is 214 Å². The van der Waals surface area contributed by atoms with Crippen molar-refractivity contribution in [3.05, 3.63) is 46.7 Å². The van der Waals surface area contributed by atoms with Crippen LogP contribution < -0.4 is 10.6 Å². The molecule has 4 amide bonds. The van der Waals surface area contributed by atoms with E-state index in [9.17, 15) is 27.6 Å². The Morgan fingerprint density at radius 2 is 1.89 bits per heavy atom. The maximum atomic E-state index is 13.8. The molecular formula is C25H34F3N5O4. The lowest BCUT2D eigenvalue weighted by atomic mass is 9.90. The normalized spacial score (nSPS) is 21.3. The van der Waals surface area contributed by atoms with Crippen molar-refractivity contribution in [1.82, 2.24) is 25.3 Å². The number of likely N-dealkylation sites (N-methyl/N-ethyl adjacent to an activating group) is 1. The number of alkyl halides is 3. The van der Waals surface area contributed by atoms with E-state index in [2.05, 4.69) is 10.6 Å². The van der Waals surface area contributed by atoms with E-state index in [1.165, 1.54) is 30.1 Å². The van der Waals surface area contributed by atoms with Crippen LogP contribution in [0.5, 0.6) is 0 Å². The summed E-state index contributed by atoms with van der Waals surface area (Å²) in [4.78, 5) is 43.5. The molecule has 0 bridgehead atoms. The Bertz CT molecular complexity index is 1060. The Kier molecular flexibility index (Phi) is 8.72. The third-order valence-corrected chi connectivity index (χ3v) is 6.41. The van der Waals surface area contributed by atoms with Gasteiger partial charge in [-0.3, -0.25) is 9.80 Å². The molecule has 204 valence electrons. The van der Waals surface area contributed by atoms with E-state index < -0.39 is 29.8 Å². The van der Waals surface area contributed by atoms with Crippen LogP contribution in [0.2, 0.25) is 0 Å². The number of hydrogen-bond acceptors (Lipinski definition) is 5. The number of piperazine rings is 1. The first kappa shape index (κ1) is 28.3. The summed E-state index contributed by atoms with van der Waals surface area (Å²) in [6.45, 7) is 8.70. The van der Waals surface area contributed by atoms with Crippen LogP contribution in [0.3, 0.4) is 0 Å². The van der Waals surface area contributed by atoms with Crippen molar-refractivity contribution >= 4 is 18.0 Å². The predicted octanol–water partition coefficient (Wildman–Crippen LogP) is 3.34. The topological polar surface area (TPSA) is 94.2 Å². The molecule has 0 radical (unpaired) electrons. The van der Waals surface area contributed by atoms with Crippen molar-refractivity contribution in [2.45, 2.75) is 52.0 Å². The zero-order chi connectivity index (χ0) is 27.5. The summed E-state index contributed by atoms with van der Waals surface area (Å²) in [6, 6.07) is 2.54. The number of nitrogens with zero attached hydrogens (tertiary/aromatic N) is 3. The zero-order valence-electron chi connectivity index (χ0n) is 21.7. The van der Waals surface area contributed by atoms with Crippen LogP contribution in [-0.4, -0.2) is 84.6 Å². The van der Waals surface area contributed by atoms with Gasteiger partial charge in [0.15, 0.2) is 0 Å². The first-order chi connectivity index (χ1) is 17.3. The molecule has 0 saturated carbocycles. The molecule has 2 atom stereocenters. The first-order valence-corrected chi connectivity index (χ1v) is 12.2. The lowest BCUT2D eigenvalue weighted by molar-refractivity contribution is -0.141. The largest absolute Gasteiger partial charge is 0.463 e. The standard InChI is InChI=1S/C25H34F3N5O4/c1-6-37-22(34)20-19(14-32-11-12-33(16(4)13-32)24(36)29-15(2)3)31(5)23(35)30-21(20)17-9-7-8-10-18(17)25(26,27)28/h7-10,15-16,21H,6,11-14H2,1-5H3,(H,29,36)(H,30,35). The summed E-state index contributed by atoms with van der Waals surface area (Å²) >= 11 is 0. The highest BCUT2D eigenvalue weighted by atomic mass is 19.4. The van der Waals surface area contributed by atoms with Crippen molar-refractivity contribution < 1.29 is 32.3 Å². The van der Waals surface area contributed by atoms with Crippen LogP contribution in [0.25, 0.3) is 0 Å². The van der Waals surface area contributed by atoms with E-state index in [0.29, 0.717) is 19.6 Å². The second-order valence-electron chi connectivity index (χ2n) is 9.49. The van der Waals surface area contributed by atoms with Gasteiger partial charge in [0.1, 0.15) is 0 Å². The van der Waals surface area contributed by atoms with Gasteiger partial charge in [0.25, 0.3) is 0 Å². The van der Waals surface area contributed by atoms with E-state index in [-0.39, 0.29) is 48.1 Å². The summed E-state index contributed by atoms with van der Waals surface area (Å²) in [6.07, 6.45) is -4.69. The van der Waals surface area contributed by atoms with Gasteiger partial charge < -0.3 is 20.3 Å². The molecule has 2 aliphatic rings. The molecule has 0 aliphatic carbocycles. The Morgan fingerprint density at radius 3 is 2.49 bits per heavy atom. The summed E-state index contributed by atoms with van der Waals surface area (Å²) in [7, 11) is 1.46. The van der Waals surface area contributed by atoms with Gasteiger partial charge in [0, 0.05) is 51.0 Å². The highest BCUT2D eigenvalue weighted by molar-refractivity contribution is 5.95. The van der Waals surface area contributed by atoms with Crippen molar-refractivity contribution in [2.75, 3.05) is 39.8 Å². The highest BCUT2D eigenvalue weighted by Gasteiger charge is 2.42. The third kappa shape index (κ3) is 6.35. The molecule has 37 heavy (non-hydrogen) atoms. The Morgan fingerprint density at radius 1 is 1.22 bits per heavy atom. The molecule has 1 fully saturated rings. The molecule has 0 spiro atoms. The smallest absolute Gasteiger partial charge is 0.416 e. The maximum absolute atomic E-state index is 13.8. The number of hydrogen-bond donors (Lipinski definition) is 2. The number of urea groups is 2. The minimum absolute atomic E-state index is 0.0130. The van der Waals surface area contributed by atoms with Crippen molar-refractivity contribution in [2.24, 2.45) is 0 Å². The zero-order valence-corrected chi connectivity index (χ0v) is 21.7. The monoisotopic (exact) mass is 525 g/mol. The maximum Gasteiger partial charge on any atom is 0.416 e. The number of carbonyl (C=O) groups is 3. The number of esters is 1. The molecule has 2 heterocycles. The second-order valence-corrected chi connectivity index (χ2v) is 9.49. The number of carbonyl (C=O) groups excluding carboxylic acids is 3. The fourth-order valence-electron chi connectivity index (χ4n) is 4.66. The van der Waals surface area contributed by atoms with E-state index in [4.69, 9.17) is 4.74 Å². The molecule has 1 aromatic carbocycles. The lowest BCUT2D eigenvalue weighted by Crippen LogP contribution is -2.58. The van der Waals surface area contributed by atoms with E-state index in [1.54, 1.807) is 11.8 Å². The Hall–Kier alpha value is -3.28. The van der Waals surface area contributed by atoms with E-state index >= 15 is 0 Å². The van der Waals surface area contributed by atoms with Crippen LogP contribution >= 0.6 is 0 Å². The average Bonchev–Trinajstić information content (AvgIpc) is 2.81. The van der Waals surface area contributed by atoms with Crippen LogP contribution in [0, 0.1) is 0 Å². The lowest BCUT2D eigenvalue weighted by Gasteiger charge is -2.42. The van der Waals surface area contributed by atoms with Crippen molar-refractivity contribution in [3.63, 3.8) is 0 Å². The summed E-state index contributed by atoms with van der Waals surface area (Å²) in [5.41, 5.74) is -0.963. The third-order valence-electron chi connectivity index (χ3n) is 6.41. The fourth-order valence-corrected chi connectivity index (χ4v) is 4.66. The molecule has 9 nitrogen and oxygen atoms in total. The Balaban J connectivity index is 1.99. The van der Waals surface area contributed by atoms with Crippen LogP contribution in [0.15, 0.2) is 35.5 Å². The predicted molar refractivity (Wildman–Crippen MR) is 130 cm³/mol. The molecular weight excluding hydrogens is 491 g/mol. The fraction of sp³-hybridized carbons (Fsp3) is 0.560. The van der Waals surface area contributed by atoms with Crippen LogP contribution in [-0.2, 0) is 15.7 Å². The van der Waals surface area contributed by atoms with E-state index in [1.807, 2.05) is 25.7 Å². The van der Waals surface area contributed by atoms with Crippen LogP contribution in [0.4, 0.5) is 22.8 Å². The van der Waals surface area contributed by atoms with Crippen molar-refractivity contribution in [1.29, 1.82) is 0 Å². The number of rotatable bonds is 6. The van der Waals surface area contributed by atoms with Gasteiger partial charge in [-0.05, 0) is 39.3 Å². The minimum Gasteiger partial charge on any atom is -0.463 e. The molecule has 1 aromatic rings. The molecule has 0 aromatic heterocycles. The molecule has 2 unspecified atom stereocenters. The minimum atomic E-state index is -4.69. The molecule has 3 rings (SSSR count). The summed E-state index contributed by atoms with van der Waals surface area (Å²) in [5, 5.41) is 5.42. The van der Waals surface area contributed by atoms with E-state index in [0.717, 1.165) is 6.07 Å². The second kappa shape index (κ2) is 11.4. The van der Waals surface area contributed by atoms with Gasteiger partial charge in [-0.25, -0.2) is 14.4 Å². The number of ether oxygens (including phenoxy) is 1. The average molecular weight is 526 g/mol. The van der Waals surface area contributed by atoms with Gasteiger partial charge in [-0.2, -0.15) is 13.2 Å². The van der Waals surface area contributed by atoms with Gasteiger partial charge in [0.05, 0.1) is 23.8 Å². The van der Waals surface area contributed by atoms with Gasteiger partial charge in [0.2, 0.25) is 0 Å². The molecule has 2 aliphatic heterocycles. The SMILES string of the molecule is CCOC(=O)C1=C(CN2CCN(C(=O)NC(C)C)C(C)C2)N(C)C(=O)NC1c1ccccc1C(F)(F)F. The van der Waals surface area contributed by atoms with Crippen LogP contribution in [0.1, 0.15) is 44.9 Å². The highest BCUT2D eigenvalue weighted by Crippen LogP contribution is 2.39. The first-order valence-electron chi connectivity index (χ1n) is 12.2. The molecule has 12 heteroatoms. The molecule has 1 saturated heterocycles. The van der Waals surface area contributed by atoms with Crippen molar-refractivity contribution in [3.8, 4) is 0 Å². The number of benzene rings is 1. The van der Waals surface area contributed by atoms with Gasteiger partial charge in [-0.15, -0.1) is 0 Å².